The topological polar surface area (TPSA) is 12.0 Å². The average molecular weight is 253 g/mol. The lowest BCUT2D eigenvalue weighted by atomic mass is 10.1. The van der Waals surface area contributed by atoms with Crippen molar-refractivity contribution in [3.63, 3.8) is 0 Å². The second kappa shape index (κ2) is 5.44. The molecule has 0 aliphatic heterocycles. The minimum atomic E-state index is -2.13. The monoisotopic (exact) mass is 253 g/mol. The molecule has 1 rings (SSSR count). The van der Waals surface area contributed by atoms with Crippen molar-refractivity contribution in [2.45, 2.75) is 26.3 Å². The van der Waals surface area contributed by atoms with E-state index in [4.69, 9.17) is 0 Å². The fourth-order valence-corrected chi connectivity index (χ4v) is 1.46. The zero-order chi connectivity index (χ0) is 13.2. The highest BCUT2D eigenvalue weighted by Gasteiger charge is 2.28. The first-order valence-corrected chi connectivity index (χ1v) is 5.16. The van der Waals surface area contributed by atoms with Crippen LogP contribution >= 0.6 is 0 Å². The van der Waals surface area contributed by atoms with Crippen molar-refractivity contribution >= 4 is 0 Å². The Morgan fingerprint density at radius 1 is 0.882 bits per heavy atom. The van der Waals surface area contributed by atoms with Crippen LogP contribution in [-0.4, -0.2) is 6.54 Å². The van der Waals surface area contributed by atoms with Crippen LogP contribution in [0, 0.1) is 29.1 Å². The van der Waals surface area contributed by atoms with E-state index >= 15 is 0 Å². The molecule has 0 heterocycles. The maximum absolute atomic E-state index is 13.3. The molecule has 1 unspecified atom stereocenters. The van der Waals surface area contributed by atoms with Crippen molar-refractivity contribution in [3.05, 3.63) is 34.6 Å². The Balaban J connectivity index is 3.24. The zero-order valence-electron chi connectivity index (χ0n) is 9.38. The van der Waals surface area contributed by atoms with Gasteiger partial charge in [-0.25, -0.2) is 22.0 Å². The summed E-state index contributed by atoms with van der Waals surface area (Å²) in [6.07, 6.45) is 0.680. The lowest BCUT2D eigenvalue weighted by molar-refractivity contribution is 0.359. The van der Waals surface area contributed by atoms with Crippen molar-refractivity contribution < 1.29 is 22.0 Å². The number of benzene rings is 1. The van der Waals surface area contributed by atoms with Crippen LogP contribution < -0.4 is 5.32 Å². The Bertz CT molecular complexity index is 390. The Labute approximate surface area is 95.6 Å². The van der Waals surface area contributed by atoms with Crippen LogP contribution in [0.2, 0.25) is 0 Å². The van der Waals surface area contributed by atoms with Gasteiger partial charge in [0, 0.05) is 11.6 Å². The van der Waals surface area contributed by atoms with Gasteiger partial charge in [0.1, 0.15) is 0 Å². The van der Waals surface area contributed by atoms with Crippen molar-refractivity contribution in [2.24, 2.45) is 0 Å². The summed E-state index contributed by atoms with van der Waals surface area (Å²) in [5.41, 5.74) is -0.824. The summed E-state index contributed by atoms with van der Waals surface area (Å²) in [7, 11) is 0. The Hall–Kier alpha value is -1.17. The molecule has 0 saturated heterocycles. The molecule has 0 bridgehead atoms. The summed E-state index contributed by atoms with van der Waals surface area (Å²) in [6, 6.07) is -0.945. The molecule has 0 aliphatic carbocycles. The van der Waals surface area contributed by atoms with E-state index in [1.807, 2.05) is 6.92 Å². The zero-order valence-corrected chi connectivity index (χ0v) is 9.38. The van der Waals surface area contributed by atoms with Crippen molar-refractivity contribution in [1.29, 1.82) is 0 Å². The Morgan fingerprint density at radius 2 is 1.29 bits per heavy atom. The number of rotatable bonds is 4. The van der Waals surface area contributed by atoms with Gasteiger partial charge < -0.3 is 5.32 Å². The molecule has 0 radical (unpaired) electrons. The highest BCUT2D eigenvalue weighted by atomic mass is 19.2. The van der Waals surface area contributed by atoms with Crippen LogP contribution in [0.1, 0.15) is 31.9 Å². The first-order valence-electron chi connectivity index (χ1n) is 5.16. The molecule has 1 aromatic carbocycles. The Morgan fingerprint density at radius 3 is 1.71 bits per heavy atom. The first-order chi connectivity index (χ1) is 7.91. The van der Waals surface area contributed by atoms with E-state index in [0.717, 1.165) is 0 Å². The molecule has 1 N–H and O–H groups in total. The van der Waals surface area contributed by atoms with E-state index in [1.165, 1.54) is 6.92 Å². The van der Waals surface area contributed by atoms with E-state index < -0.39 is 40.7 Å². The standard InChI is InChI=1S/C11H12F5N/c1-3-4-17-5(2)6-7(12)9(14)11(16)10(15)8(6)13/h5,17H,3-4H2,1-2H3. The molecule has 1 atom stereocenters. The van der Waals surface area contributed by atoms with Gasteiger partial charge in [-0.05, 0) is 19.9 Å². The number of halogens is 5. The third-order valence-electron chi connectivity index (χ3n) is 2.38. The van der Waals surface area contributed by atoms with Gasteiger partial charge in [-0.15, -0.1) is 0 Å². The molecular weight excluding hydrogens is 241 g/mol. The molecule has 0 aromatic heterocycles. The third kappa shape index (κ3) is 2.57. The molecule has 0 aliphatic rings. The van der Waals surface area contributed by atoms with Gasteiger partial charge >= 0.3 is 0 Å². The molecule has 1 aromatic rings. The van der Waals surface area contributed by atoms with Gasteiger partial charge in [-0.2, -0.15) is 0 Å². The van der Waals surface area contributed by atoms with Gasteiger partial charge in [0.15, 0.2) is 23.3 Å². The van der Waals surface area contributed by atoms with E-state index in [1.54, 1.807) is 0 Å². The second-order valence-electron chi connectivity index (χ2n) is 3.66. The molecule has 1 nitrogen and oxygen atoms in total. The lowest BCUT2D eigenvalue weighted by Crippen LogP contribution is -2.23. The van der Waals surface area contributed by atoms with Crippen LogP contribution in [-0.2, 0) is 0 Å². The van der Waals surface area contributed by atoms with E-state index in [0.29, 0.717) is 13.0 Å². The highest BCUT2D eigenvalue weighted by Crippen LogP contribution is 2.27. The van der Waals surface area contributed by atoms with Gasteiger partial charge in [-0.1, -0.05) is 6.92 Å². The first kappa shape index (κ1) is 13.9. The third-order valence-corrected chi connectivity index (χ3v) is 2.38. The molecule has 0 amide bonds. The van der Waals surface area contributed by atoms with Crippen LogP contribution in [0.4, 0.5) is 22.0 Å². The fourth-order valence-electron chi connectivity index (χ4n) is 1.46. The predicted octanol–water partition coefficient (Wildman–Crippen LogP) is 3.44. The summed E-state index contributed by atoms with van der Waals surface area (Å²) in [6.45, 7) is 3.58. The quantitative estimate of drug-likeness (QED) is 0.492. The van der Waals surface area contributed by atoms with Crippen LogP contribution in [0.15, 0.2) is 0 Å². The largest absolute Gasteiger partial charge is 0.310 e. The second-order valence-corrected chi connectivity index (χ2v) is 3.66. The van der Waals surface area contributed by atoms with Gasteiger partial charge in [-0.3, -0.25) is 0 Å². The van der Waals surface area contributed by atoms with E-state index in [-0.39, 0.29) is 0 Å². The normalized spacial score (nSPS) is 12.9. The summed E-state index contributed by atoms with van der Waals surface area (Å²) >= 11 is 0. The van der Waals surface area contributed by atoms with Crippen LogP contribution in [0.5, 0.6) is 0 Å². The smallest absolute Gasteiger partial charge is 0.200 e. The van der Waals surface area contributed by atoms with Gasteiger partial charge in [0.05, 0.1) is 0 Å². The molecule has 17 heavy (non-hydrogen) atoms. The fraction of sp³-hybridized carbons (Fsp3) is 0.455. The number of hydrogen-bond donors (Lipinski definition) is 1. The predicted molar refractivity (Wildman–Crippen MR) is 52.9 cm³/mol. The molecule has 0 saturated carbocycles. The minimum absolute atomic E-state index is 0.417. The van der Waals surface area contributed by atoms with E-state index in [2.05, 4.69) is 5.32 Å². The Kier molecular flexibility index (Phi) is 4.45. The molecule has 0 spiro atoms. The van der Waals surface area contributed by atoms with Gasteiger partial charge in [0.2, 0.25) is 5.82 Å². The average Bonchev–Trinajstić information content (AvgIpc) is 2.31. The van der Waals surface area contributed by atoms with Crippen molar-refractivity contribution in [3.8, 4) is 0 Å². The van der Waals surface area contributed by atoms with E-state index in [9.17, 15) is 22.0 Å². The SMILES string of the molecule is CCCNC(C)c1c(F)c(F)c(F)c(F)c1F. The maximum Gasteiger partial charge on any atom is 0.200 e. The maximum atomic E-state index is 13.3. The molecular formula is C11H12F5N. The summed E-state index contributed by atoms with van der Waals surface area (Å²) in [5.74, 6) is -9.52. The number of nitrogens with one attached hydrogen (secondary N) is 1. The minimum Gasteiger partial charge on any atom is -0.310 e. The molecule has 0 fully saturated rings. The van der Waals surface area contributed by atoms with Gasteiger partial charge in [0.25, 0.3) is 0 Å². The summed E-state index contributed by atoms with van der Waals surface area (Å²) in [4.78, 5) is 0. The summed E-state index contributed by atoms with van der Waals surface area (Å²) in [5, 5.41) is 2.67. The molecule has 6 heteroatoms. The van der Waals surface area contributed by atoms with Crippen molar-refractivity contribution in [2.75, 3.05) is 6.54 Å². The molecule has 96 valence electrons. The lowest BCUT2D eigenvalue weighted by Gasteiger charge is -2.16. The summed E-state index contributed by atoms with van der Waals surface area (Å²) < 4.78 is 65.2. The van der Waals surface area contributed by atoms with Crippen LogP contribution in [0.25, 0.3) is 0 Å². The highest BCUT2D eigenvalue weighted by molar-refractivity contribution is 5.26. The van der Waals surface area contributed by atoms with Crippen LogP contribution in [0.3, 0.4) is 0 Å². The van der Waals surface area contributed by atoms with Crippen molar-refractivity contribution in [1.82, 2.24) is 5.32 Å². The number of hydrogen-bond acceptors (Lipinski definition) is 1.